The van der Waals surface area contributed by atoms with E-state index in [1.54, 1.807) is 42.0 Å². The lowest BCUT2D eigenvalue weighted by molar-refractivity contribution is -0.137. The minimum Gasteiger partial charge on any atom is -0.383 e. The van der Waals surface area contributed by atoms with Gasteiger partial charge in [-0.2, -0.15) is 13.2 Å². The fourth-order valence-corrected chi connectivity index (χ4v) is 3.59. The number of carbonyl (C=O) groups excluding carboxylic acids is 1. The molecule has 1 atom stereocenters. The van der Waals surface area contributed by atoms with E-state index in [-0.39, 0.29) is 25.1 Å². The van der Waals surface area contributed by atoms with Crippen molar-refractivity contribution in [2.45, 2.75) is 25.7 Å². The number of methoxy groups -OCH3 is 1. The molecule has 2 N–H and O–H groups in total. The van der Waals surface area contributed by atoms with Crippen molar-refractivity contribution in [3.8, 4) is 0 Å². The van der Waals surface area contributed by atoms with Gasteiger partial charge in [-0.3, -0.25) is 14.2 Å². The van der Waals surface area contributed by atoms with Crippen LogP contribution in [0, 0.1) is 0 Å². The fraction of sp³-hybridized carbons (Fsp3) is 0.273. The molecule has 1 aromatic carbocycles. The van der Waals surface area contributed by atoms with Crippen LogP contribution in [-0.2, 0) is 17.5 Å². The second-order valence-corrected chi connectivity index (χ2v) is 7.62. The zero-order chi connectivity index (χ0) is 23.8. The minimum atomic E-state index is -4.48. The SMILES string of the molecule is COC[C@@H](C)N(Cc1ccc(C(F)(F)F)cn1)C(=O)c1ccc2nc(N)c3cncn3c2c1. The third kappa shape index (κ3) is 4.44. The van der Waals surface area contributed by atoms with Crippen LogP contribution in [0.4, 0.5) is 19.0 Å². The molecule has 0 fully saturated rings. The maximum Gasteiger partial charge on any atom is 0.417 e. The van der Waals surface area contributed by atoms with Gasteiger partial charge >= 0.3 is 6.18 Å². The average Bonchev–Trinajstić information content (AvgIpc) is 3.28. The summed E-state index contributed by atoms with van der Waals surface area (Å²) in [5.74, 6) is -0.00367. The molecule has 0 saturated carbocycles. The number of carbonyl (C=O) groups is 1. The second kappa shape index (κ2) is 8.66. The van der Waals surface area contributed by atoms with Crippen molar-refractivity contribution in [1.82, 2.24) is 24.3 Å². The average molecular weight is 458 g/mol. The summed E-state index contributed by atoms with van der Waals surface area (Å²) in [6.07, 6.45) is -0.548. The lowest BCUT2D eigenvalue weighted by Gasteiger charge is -2.29. The lowest BCUT2D eigenvalue weighted by Crippen LogP contribution is -2.40. The zero-order valence-corrected chi connectivity index (χ0v) is 17.9. The number of anilines is 1. The number of nitrogen functional groups attached to an aromatic ring is 1. The molecule has 0 aliphatic carbocycles. The van der Waals surface area contributed by atoms with E-state index >= 15 is 0 Å². The van der Waals surface area contributed by atoms with Gasteiger partial charge in [-0.25, -0.2) is 9.97 Å². The smallest absolute Gasteiger partial charge is 0.383 e. The van der Waals surface area contributed by atoms with Gasteiger partial charge in [0.25, 0.3) is 5.91 Å². The summed E-state index contributed by atoms with van der Waals surface area (Å²) in [6, 6.07) is 6.87. The van der Waals surface area contributed by atoms with E-state index in [2.05, 4.69) is 15.0 Å². The quantitative estimate of drug-likeness (QED) is 0.475. The maximum atomic E-state index is 13.5. The summed E-state index contributed by atoms with van der Waals surface area (Å²) < 4.78 is 45.5. The maximum absolute atomic E-state index is 13.5. The Hall–Kier alpha value is -3.73. The Morgan fingerprint density at radius 1 is 1.21 bits per heavy atom. The molecule has 0 unspecified atom stereocenters. The van der Waals surface area contributed by atoms with Gasteiger partial charge in [-0.1, -0.05) is 0 Å². The second-order valence-electron chi connectivity index (χ2n) is 7.62. The summed E-state index contributed by atoms with van der Waals surface area (Å²) in [5.41, 5.74) is 7.68. The molecule has 0 saturated heterocycles. The fourth-order valence-electron chi connectivity index (χ4n) is 3.59. The van der Waals surface area contributed by atoms with Crippen LogP contribution in [0.2, 0.25) is 0 Å². The number of amides is 1. The number of aromatic nitrogens is 4. The Morgan fingerprint density at radius 2 is 2.00 bits per heavy atom. The van der Waals surface area contributed by atoms with Crippen molar-refractivity contribution < 1.29 is 22.7 Å². The van der Waals surface area contributed by atoms with Crippen molar-refractivity contribution in [3.05, 3.63) is 65.9 Å². The number of benzene rings is 1. The van der Waals surface area contributed by atoms with Crippen molar-refractivity contribution in [3.63, 3.8) is 0 Å². The molecule has 1 amide bonds. The van der Waals surface area contributed by atoms with Crippen LogP contribution in [-0.4, -0.2) is 49.9 Å². The number of fused-ring (bicyclic) bond motifs is 3. The van der Waals surface area contributed by atoms with E-state index in [0.29, 0.717) is 33.6 Å². The summed E-state index contributed by atoms with van der Waals surface area (Å²) >= 11 is 0. The number of nitrogens with zero attached hydrogens (tertiary/aromatic N) is 5. The molecular formula is C22H21F3N6O2. The largest absolute Gasteiger partial charge is 0.417 e. The molecule has 3 aromatic heterocycles. The van der Waals surface area contributed by atoms with E-state index < -0.39 is 11.7 Å². The predicted octanol–water partition coefficient (Wildman–Crippen LogP) is 3.56. The summed E-state index contributed by atoms with van der Waals surface area (Å²) in [5, 5.41) is 0. The topological polar surface area (TPSA) is 98.6 Å². The van der Waals surface area contributed by atoms with Gasteiger partial charge in [0, 0.05) is 18.9 Å². The number of hydrogen-bond acceptors (Lipinski definition) is 6. The zero-order valence-electron chi connectivity index (χ0n) is 17.9. The van der Waals surface area contributed by atoms with Crippen LogP contribution in [0.5, 0.6) is 0 Å². The van der Waals surface area contributed by atoms with E-state index in [1.807, 2.05) is 0 Å². The van der Waals surface area contributed by atoms with E-state index in [0.717, 1.165) is 12.3 Å². The van der Waals surface area contributed by atoms with Crippen molar-refractivity contribution >= 4 is 28.3 Å². The highest BCUT2D eigenvalue weighted by Gasteiger charge is 2.31. The molecule has 0 spiro atoms. The molecule has 0 radical (unpaired) electrons. The Balaban J connectivity index is 1.69. The molecule has 4 rings (SSSR count). The molecule has 0 aliphatic rings. The van der Waals surface area contributed by atoms with Gasteiger partial charge < -0.3 is 15.4 Å². The first-order chi connectivity index (χ1) is 15.7. The highest BCUT2D eigenvalue weighted by Crippen LogP contribution is 2.28. The monoisotopic (exact) mass is 458 g/mol. The molecule has 0 aliphatic heterocycles. The number of ether oxygens (including phenoxy) is 1. The summed E-state index contributed by atoms with van der Waals surface area (Å²) in [6.45, 7) is 2.05. The first-order valence-corrected chi connectivity index (χ1v) is 10.0. The molecular weight excluding hydrogens is 437 g/mol. The van der Waals surface area contributed by atoms with Crippen LogP contribution in [0.3, 0.4) is 0 Å². The third-order valence-corrected chi connectivity index (χ3v) is 5.31. The first kappa shape index (κ1) is 22.5. The van der Waals surface area contributed by atoms with Crippen molar-refractivity contribution in [2.75, 3.05) is 19.5 Å². The molecule has 172 valence electrons. The van der Waals surface area contributed by atoms with Gasteiger partial charge in [-0.05, 0) is 37.3 Å². The third-order valence-electron chi connectivity index (χ3n) is 5.31. The van der Waals surface area contributed by atoms with E-state index in [9.17, 15) is 18.0 Å². The highest BCUT2D eigenvalue weighted by molar-refractivity contribution is 5.98. The van der Waals surface area contributed by atoms with Crippen LogP contribution in [0.15, 0.2) is 49.1 Å². The molecule has 33 heavy (non-hydrogen) atoms. The number of nitrogens with two attached hydrogens (primary N) is 1. The molecule has 3 heterocycles. The first-order valence-electron chi connectivity index (χ1n) is 10.0. The van der Waals surface area contributed by atoms with Gasteiger partial charge in [0.05, 0.1) is 54.0 Å². The minimum absolute atomic E-state index is 0.0139. The lowest BCUT2D eigenvalue weighted by atomic mass is 10.1. The predicted molar refractivity (Wildman–Crippen MR) is 115 cm³/mol. The Bertz CT molecular complexity index is 1300. The van der Waals surface area contributed by atoms with Crippen molar-refractivity contribution in [1.29, 1.82) is 0 Å². The van der Waals surface area contributed by atoms with Gasteiger partial charge in [0.1, 0.15) is 11.3 Å². The Morgan fingerprint density at radius 3 is 2.67 bits per heavy atom. The number of alkyl halides is 3. The van der Waals surface area contributed by atoms with Crippen LogP contribution in [0.25, 0.3) is 16.6 Å². The number of rotatable bonds is 6. The number of pyridine rings is 1. The molecule has 11 heteroatoms. The summed E-state index contributed by atoms with van der Waals surface area (Å²) in [7, 11) is 1.51. The van der Waals surface area contributed by atoms with Gasteiger partial charge in [0.15, 0.2) is 0 Å². The van der Waals surface area contributed by atoms with Gasteiger partial charge in [-0.15, -0.1) is 0 Å². The highest BCUT2D eigenvalue weighted by atomic mass is 19.4. The molecule has 0 bridgehead atoms. The number of hydrogen-bond donors (Lipinski definition) is 1. The number of imidazole rings is 1. The van der Waals surface area contributed by atoms with Crippen LogP contribution >= 0.6 is 0 Å². The molecule has 8 nitrogen and oxygen atoms in total. The van der Waals surface area contributed by atoms with E-state index in [4.69, 9.17) is 10.5 Å². The number of halogens is 3. The van der Waals surface area contributed by atoms with Crippen LogP contribution in [0.1, 0.15) is 28.5 Å². The van der Waals surface area contributed by atoms with Gasteiger partial charge in [0.2, 0.25) is 0 Å². The molecule has 4 aromatic rings. The summed E-state index contributed by atoms with van der Waals surface area (Å²) in [4.78, 5) is 27.3. The Labute approximate surface area is 186 Å². The standard InChI is InChI=1S/C22H21F3N6O2/c1-13(11-33-2)30(10-16-5-4-15(8-28-16)22(23,24)25)21(32)14-3-6-17-18(7-14)31-12-27-9-19(31)20(26)29-17/h3-9,12-13H,10-11H2,1-2H3,(H2,26,29)/t13-/m1/s1. The van der Waals surface area contributed by atoms with Crippen molar-refractivity contribution in [2.24, 2.45) is 0 Å². The van der Waals surface area contributed by atoms with E-state index in [1.165, 1.54) is 18.1 Å². The Kier molecular flexibility index (Phi) is 5.90. The normalized spacial score (nSPS) is 12.9. The van der Waals surface area contributed by atoms with Crippen LogP contribution < -0.4 is 5.73 Å².